The lowest BCUT2D eigenvalue weighted by molar-refractivity contribution is -0.0121. The summed E-state index contributed by atoms with van der Waals surface area (Å²) in [6.07, 6.45) is 0. The first-order valence-electron chi connectivity index (χ1n) is 7.85. The Hall–Kier alpha value is -2.65. The summed E-state index contributed by atoms with van der Waals surface area (Å²) < 4.78 is 38.2. The molecular formula is C17H13F2N3O3S. The second-order valence-corrected chi connectivity index (χ2v) is 6.57. The Bertz CT molecular complexity index is 929. The minimum atomic E-state index is -1.17. The predicted molar refractivity (Wildman–Crippen MR) is 88.6 cm³/mol. The molecule has 9 heteroatoms. The molecule has 1 aromatic carbocycles. The molecule has 2 aromatic heterocycles. The highest BCUT2D eigenvalue weighted by Crippen LogP contribution is 2.29. The molecule has 0 N–H and O–H groups in total. The molecule has 0 bridgehead atoms. The molecule has 1 atom stereocenters. The fraction of sp³-hybridized carbons (Fsp3) is 0.235. The van der Waals surface area contributed by atoms with Crippen molar-refractivity contribution in [3.8, 4) is 10.7 Å². The van der Waals surface area contributed by atoms with E-state index in [1.165, 1.54) is 28.4 Å². The van der Waals surface area contributed by atoms with Crippen LogP contribution in [0.4, 0.5) is 8.78 Å². The third kappa shape index (κ3) is 2.99. The van der Waals surface area contributed by atoms with Crippen LogP contribution < -0.4 is 0 Å². The molecule has 1 saturated heterocycles. The Balaban J connectivity index is 1.65. The van der Waals surface area contributed by atoms with E-state index < -0.39 is 23.6 Å². The number of amides is 1. The molecular weight excluding hydrogens is 364 g/mol. The number of benzene rings is 1. The number of halogens is 2. The van der Waals surface area contributed by atoms with Crippen LogP contribution in [0, 0.1) is 11.6 Å². The van der Waals surface area contributed by atoms with Gasteiger partial charge < -0.3 is 14.2 Å². The molecule has 0 aliphatic carbocycles. The van der Waals surface area contributed by atoms with Crippen molar-refractivity contribution in [2.75, 3.05) is 19.8 Å². The van der Waals surface area contributed by atoms with Crippen molar-refractivity contribution in [3.05, 3.63) is 58.8 Å². The molecule has 1 fully saturated rings. The maximum Gasteiger partial charge on any atom is 0.257 e. The van der Waals surface area contributed by atoms with Gasteiger partial charge in [0, 0.05) is 6.54 Å². The fourth-order valence-electron chi connectivity index (χ4n) is 2.75. The zero-order valence-corrected chi connectivity index (χ0v) is 14.2. The highest BCUT2D eigenvalue weighted by atomic mass is 32.1. The Morgan fingerprint density at radius 2 is 2.15 bits per heavy atom. The van der Waals surface area contributed by atoms with Crippen LogP contribution in [0.15, 0.2) is 40.2 Å². The third-order valence-electron chi connectivity index (χ3n) is 4.04. The van der Waals surface area contributed by atoms with Crippen LogP contribution >= 0.6 is 11.3 Å². The van der Waals surface area contributed by atoms with Crippen LogP contribution in [0.5, 0.6) is 0 Å². The number of hydrogen-bond acceptors (Lipinski definition) is 6. The first kappa shape index (κ1) is 16.8. The van der Waals surface area contributed by atoms with Crippen LogP contribution in [-0.2, 0) is 4.74 Å². The zero-order chi connectivity index (χ0) is 18.1. The van der Waals surface area contributed by atoms with Gasteiger partial charge >= 0.3 is 0 Å². The number of nitrogens with zero attached hydrogens (tertiary/aromatic N) is 3. The number of morpholine rings is 1. The predicted octanol–water partition coefficient (Wildman–Crippen LogP) is 3.29. The number of carbonyl (C=O) groups is 1. The Labute approximate surface area is 151 Å². The van der Waals surface area contributed by atoms with Gasteiger partial charge in [-0.2, -0.15) is 4.98 Å². The van der Waals surface area contributed by atoms with Gasteiger partial charge in [-0.05, 0) is 23.6 Å². The maximum absolute atomic E-state index is 14.0. The molecule has 0 spiro atoms. The summed E-state index contributed by atoms with van der Waals surface area (Å²) in [5.41, 5.74) is -0.338. The SMILES string of the molecule is O=C(c1cccc(F)c1F)N1CCOC[C@H]1c1nc(-c2cccs2)no1. The molecule has 1 aliphatic heterocycles. The summed E-state index contributed by atoms with van der Waals surface area (Å²) in [5, 5.41) is 5.82. The molecule has 1 aliphatic rings. The standard InChI is InChI=1S/C17H13F2N3O3S/c18-11-4-1-3-10(14(11)19)17(23)22-6-7-24-9-12(22)16-20-15(21-25-16)13-5-2-8-26-13/h1-5,8,12H,6-7,9H2/t12-/m0/s1. The van der Waals surface area contributed by atoms with Crippen molar-refractivity contribution >= 4 is 17.2 Å². The van der Waals surface area contributed by atoms with Gasteiger partial charge in [0.15, 0.2) is 11.6 Å². The first-order chi connectivity index (χ1) is 12.6. The molecule has 134 valence electrons. The molecule has 0 saturated carbocycles. The van der Waals surface area contributed by atoms with E-state index in [0.717, 1.165) is 10.9 Å². The van der Waals surface area contributed by atoms with E-state index in [2.05, 4.69) is 10.1 Å². The molecule has 6 nitrogen and oxygen atoms in total. The largest absolute Gasteiger partial charge is 0.377 e. The second-order valence-electron chi connectivity index (χ2n) is 5.62. The number of ether oxygens (including phenoxy) is 1. The van der Waals surface area contributed by atoms with E-state index in [9.17, 15) is 13.6 Å². The molecule has 0 unspecified atom stereocenters. The Kier molecular flexibility index (Phi) is 4.48. The highest BCUT2D eigenvalue weighted by Gasteiger charge is 2.35. The molecule has 3 aromatic rings. The minimum Gasteiger partial charge on any atom is -0.377 e. The van der Waals surface area contributed by atoms with Crippen molar-refractivity contribution in [2.24, 2.45) is 0 Å². The summed E-state index contributed by atoms with van der Waals surface area (Å²) in [6, 6.07) is 6.55. The maximum atomic E-state index is 14.0. The van der Waals surface area contributed by atoms with E-state index in [0.29, 0.717) is 5.82 Å². The quantitative estimate of drug-likeness (QED) is 0.701. The van der Waals surface area contributed by atoms with Crippen LogP contribution in [0.3, 0.4) is 0 Å². The second kappa shape index (κ2) is 6.93. The summed E-state index contributed by atoms with van der Waals surface area (Å²) in [7, 11) is 0. The van der Waals surface area contributed by atoms with Crippen molar-refractivity contribution in [3.63, 3.8) is 0 Å². The summed E-state index contributed by atoms with van der Waals surface area (Å²) in [5.74, 6) is -2.29. The average molecular weight is 377 g/mol. The topological polar surface area (TPSA) is 68.5 Å². The van der Waals surface area contributed by atoms with Gasteiger partial charge in [-0.3, -0.25) is 4.79 Å². The average Bonchev–Trinajstić information content (AvgIpc) is 3.35. The summed E-state index contributed by atoms with van der Waals surface area (Å²) in [4.78, 5) is 19.3. The number of aromatic nitrogens is 2. The summed E-state index contributed by atoms with van der Waals surface area (Å²) >= 11 is 1.46. The first-order valence-corrected chi connectivity index (χ1v) is 8.73. The van der Waals surface area contributed by atoms with Crippen molar-refractivity contribution in [1.82, 2.24) is 15.0 Å². The van der Waals surface area contributed by atoms with Crippen LogP contribution in [0.1, 0.15) is 22.3 Å². The lowest BCUT2D eigenvalue weighted by Gasteiger charge is -2.33. The highest BCUT2D eigenvalue weighted by molar-refractivity contribution is 7.13. The smallest absolute Gasteiger partial charge is 0.257 e. The van der Waals surface area contributed by atoms with E-state index in [1.807, 2.05) is 17.5 Å². The zero-order valence-electron chi connectivity index (χ0n) is 13.4. The van der Waals surface area contributed by atoms with E-state index >= 15 is 0 Å². The number of rotatable bonds is 3. The van der Waals surface area contributed by atoms with Crippen molar-refractivity contribution < 1.29 is 22.8 Å². The molecule has 1 amide bonds. The summed E-state index contributed by atoms with van der Waals surface area (Å²) in [6.45, 7) is 0.621. The van der Waals surface area contributed by atoms with Gasteiger partial charge in [0.1, 0.15) is 6.04 Å². The van der Waals surface area contributed by atoms with E-state index in [4.69, 9.17) is 9.26 Å². The van der Waals surface area contributed by atoms with Crippen LogP contribution in [0.2, 0.25) is 0 Å². The Morgan fingerprint density at radius 3 is 2.96 bits per heavy atom. The molecule has 4 rings (SSSR count). The normalized spacial score (nSPS) is 17.5. The van der Waals surface area contributed by atoms with E-state index in [1.54, 1.807) is 0 Å². The third-order valence-corrected chi connectivity index (χ3v) is 4.91. The monoisotopic (exact) mass is 377 g/mol. The van der Waals surface area contributed by atoms with Crippen LogP contribution in [0.25, 0.3) is 10.7 Å². The van der Waals surface area contributed by atoms with Gasteiger partial charge in [0.25, 0.3) is 11.8 Å². The van der Waals surface area contributed by atoms with Gasteiger partial charge in [-0.1, -0.05) is 17.3 Å². The lowest BCUT2D eigenvalue weighted by Crippen LogP contribution is -2.43. The van der Waals surface area contributed by atoms with Gasteiger partial charge in [0.2, 0.25) is 5.82 Å². The number of thiophene rings is 1. The lowest BCUT2D eigenvalue weighted by atomic mass is 10.1. The molecule has 0 radical (unpaired) electrons. The van der Waals surface area contributed by atoms with Crippen LogP contribution in [-0.4, -0.2) is 40.7 Å². The fourth-order valence-corrected chi connectivity index (χ4v) is 3.40. The number of hydrogen-bond donors (Lipinski definition) is 0. The molecule has 26 heavy (non-hydrogen) atoms. The van der Waals surface area contributed by atoms with Crippen molar-refractivity contribution in [2.45, 2.75) is 6.04 Å². The minimum absolute atomic E-state index is 0.134. The van der Waals surface area contributed by atoms with Crippen molar-refractivity contribution in [1.29, 1.82) is 0 Å². The van der Waals surface area contributed by atoms with Gasteiger partial charge in [-0.25, -0.2) is 8.78 Å². The van der Waals surface area contributed by atoms with Gasteiger partial charge in [-0.15, -0.1) is 11.3 Å². The van der Waals surface area contributed by atoms with E-state index in [-0.39, 0.29) is 31.2 Å². The Morgan fingerprint density at radius 1 is 1.27 bits per heavy atom. The van der Waals surface area contributed by atoms with Gasteiger partial charge in [0.05, 0.1) is 23.7 Å². The number of carbonyl (C=O) groups excluding carboxylic acids is 1. The molecule has 3 heterocycles.